The van der Waals surface area contributed by atoms with Gasteiger partial charge in [0.25, 0.3) is 5.91 Å². The lowest BCUT2D eigenvalue weighted by molar-refractivity contribution is 0.102. The lowest BCUT2D eigenvalue weighted by Crippen LogP contribution is -2.11. The number of fused-ring (bicyclic) bond motifs is 1. The fourth-order valence-corrected chi connectivity index (χ4v) is 2.95. The maximum atomic E-state index is 12.4. The summed E-state index contributed by atoms with van der Waals surface area (Å²) in [6.45, 7) is 1.98. The van der Waals surface area contributed by atoms with Crippen LogP contribution in [0, 0.1) is 6.92 Å². The van der Waals surface area contributed by atoms with E-state index in [2.05, 4.69) is 15.3 Å². The topological polar surface area (TPSA) is 74.8 Å². The highest BCUT2D eigenvalue weighted by atomic mass is 16.1. The highest BCUT2D eigenvalue weighted by molar-refractivity contribution is 6.06. The average molecular weight is 381 g/mol. The van der Waals surface area contributed by atoms with E-state index in [1.807, 2.05) is 67.6 Å². The second-order valence-corrected chi connectivity index (χ2v) is 6.75. The number of allylic oxidation sites excluding steroid dienone is 1. The van der Waals surface area contributed by atoms with E-state index in [4.69, 9.17) is 0 Å². The van der Waals surface area contributed by atoms with Crippen molar-refractivity contribution in [1.29, 1.82) is 0 Å². The van der Waals surface area contributed by atoms with Gasteiger partial charge in [-0.2, -0.15) is 0 Å². The van der Waals surface area contributed by atoms with Gasteiger partial charge in [0.1, 0.15) is 0 Å². The quantitative estimate of drug-likeness (QED) is 0.376. The average Bonchev–Trinajstić information content (AvgIpc) is 3.17. The zero-order chi connectivity index (χ0) is 20.2. The number of aromatic nitrogens is 2. The first-order chi connectivity index (χ1) is 14.1. The number of H-pyrrole nitrogens is 1. The largest absolute Gasteiger partial charge is 0.335 e. The molecule has 0 aliphatic heterocycles. The highest BCUT2D eigenvalue weighted by Gasteiger charge is 2.09. The van der Waals surface area contributed by atoms with Crippen LogP contribution < -0.4 is 5.32 Å². The third-order valence-corrected chi connectivity index (χ3v) is 4.51. The predicted octanol–water partition coefficient (Wildman–Crippen LogP) is 5.02. The number of aryl methyl sites for hydroxylation is 1. The molecule has 0 aliphatic rings. The minimum absolute atomic E-state index is 0.176. The van der Waals surface area contributed by atoms with Crippen LogP contribution in [0.3, 0.4) is 0 Å². The molecule has 0 unspecified atom stereocenters. The molecule has 0 atom stereocenters. The lowest BCUT2D eigenvalue weighted by Gasteiger charge is -2.06. The van der Waals surface area contributed by atoms with Crippen molar-refractivity contribution in [2.45, 2.75) is 6.92 Å². The van der Waals surface area contributed by atoms with E-state index in [9.17, 15) is 9.59 Å². The van der Waals surface area contributed by atoms with Crippen LogP contribution in [0.5, 0.6) is 0 Å². The SMILES string of the molecule is Cc1ccc(C(=O)Nc2cccc(/C=C/C(=O)c3nc4ccccc4[nH]3)c2)cc1. The van der Waals surface area contributed by atoms with Crippen molar-refractivity contribution in [2.75, 3.05) is 5.32 Å². The molecule has 142 valence electrons. The molecule has 0 bridgehead atoms. The summed E-state index contributed by atoms with van der Waals surface area (Å²) < 4.78 is 0. The number of hydrogen-bond acceptors (Lipinski definition) is 3. The number of ketones is 1. The number of carbonyl (C=O) groups is 2. The van der Waals surface area contributed by atoms with E-state index in [1.54, 1.807) is 18.2 Å². The predicted molar refractivity (Wildman–Crippen MR) is 115 cm³/mol. The summed E-state index contributed by atoms with van der Waals surface area (Å²) in [4.78, 5) is 32.1. The Balaban J connectivity index is 1.47. The number of nitrogens with one attached hydrogen (secondary N) is 2. The van der Waals surface area contributed by atoms with Gasteiger partial charge in [-0.25, -0.2) is 4.98 Å². The van der Waals surface area contributed by atoms with Gasteiger partial charge in [0.2, 0.25) is 5.78 Å². The van der Waals surface area contributed by atoms with Crippen molar-refractivity contribution < 1.29 is 9.59 Å². The number of rotatable bonds is 5. The first-order valence-electron chi connectivity index (χ1n) is 9.24. The van der Waals surface area contributed by atoms with Gasteiger partial charge >= 0.3 is 0 Å². The van der Waals surface area contributed by atoms with E-state index in [-0.39, 0.29) is 11.7 Å². The maximum absolute atomic E-state index is 12.4. The van der Waals surface area contributed by atoms with Crippen molar-refractivity contribution in [2.24, 2.45) is 0 Å². The summed E-state index contributed by atoms with van der Waals surface area (Å²) in [7, 11) is 0. The van der Waals surface area contributed by atoms with Crippen molar-refractivity contribution in [1.82, 2.24) is 9.97 Å². The van der Waals surface area contributed by atoms with Crippen LogP contribution in [-0.4, -0.2) is 21.7 Å². The molecule has 5 heteroatoms. The number of benzene rings is 3. The van der Waals surface area contributed by atoms with E-state index in [0.29, 0.717) is 17.1 Å². The molecule has 0 radical (unpaired) electrons. The second kappa shape index (κ2) is 7.94. The molecule has 1 amide bonds. The number of nitrogens with zero attached hydrogens (tertiary/aromatic N) is 1. The van der Waals surface area contributed by atoms with Crippen LogP contribution in [0.1, 0.15) is 32.1 Å². The molecular formula is C24H19N3O2. The third kappa shape index (κ3) is 4.30. The lowest BCUT2D eigenvalue weighted by atomic mass is 10.1. The molecule has 3 aromatic carbocycles. The van der Waals surface area contributed by atoms with Gasteiger partial charge < -0.3 is 10.3 Å². The summed E-state index contributed by atoms with van der Waals surface area (Å²) in [5, 5.41) is 2.88. The van der Waals surface area contributed by atoms with Crippen LogP contribution >= 0.6 is 0 Å². The maximum Gasteiger partial charge on any atom is 0.255 e. The molecule has 1 aromatic heterocycles. The summed E-state index contributed by atoms with van der Waals surface area (Å²) in [5.74, 6) is -0.0916. The van der Waals surface area contributed by atoms with Gasteiger partial charge in [-0.3, -0.25) is 9.59 Å². The van der Waals surface area contributed by atoms with E-state index in [1.165, 1.54) is 6.08 Å². The number of carbonyl (C=O) groups excluding carboxylic acids is 2. The second-order valence-electron chi connectivity index (χ2n) is 6.75. The van der Waals surface area contributed by atoms with E-state index >= 15 is 0 Å². The van der Waals surface area contributed by atoms with Crippen LogP contribution in [0.2, 0.25) is 0 Å². The first kappa shape index (κ1) is 18.4. The molecular weight excluding hydrogens is 362 g/mol. The van der Waals surface area contributed by atoms with Crippen molar-refractivity contribution in [3.8, 4) is 0 Å². The number of para-hydroxylation sites is 2. The van der Waals surface area contributed by atoms with Gasteiger partial charge in [0, 0.05) is 11.3 Å². The molecule has 0 aliphatic carbocycles. The van der Waals surface area contributed by atoms with Gasteiger partial charge in [0.05, 0.1) is 11.0 Å². The summed E-state index contributed by atoms with van der Waals surface area (Å²) >= 11 is 0. The molecule has 4 rings (SSSR count). The number of anilines is 1. The Morgan fingerprint density at radius 2 is 1.76 bits per heavy atom. The minimum Gasteiger partial charge on any atom is -0.335 e. The van der Waals surface area contributed by atoms with Crippen LogP contribution in [0.4, 0.5) is 5.69 Å². The molecule has 1 heterocycles. The van der Waals surface area contributed by atoms with Crippen molar-refractivity contribution in [3.63, 3.8) is 0 Å². The molecule has 0 saturated carbocycles. The monoisotopic (exact) mass is 381 g/mol. The fourth-order valence-electron chi connectivity index (χ4n) is 2.95. The molecule has 0 fully saturated rings. The minimum atomic E-state index is -0.213. The normalized spacial score (nSPS) is 11.1. The van der Waals surface area contributed by atoms with Crippen molar-refractivity contribution >= 4 is 34.5 Å². The van der Waals surface area contributed by atoms with Crippen LogP contribution in [0.15, 0.2) is 78.9 Å². The first-order valence-corrected chi connectivity index (χ1v) is 9.24. The Morgan fingerprint density at radius 3 is 2.55 bits per heavy atom. The standard InChI is InChI=1S/C24H19N3O2/c1-16-9-12-18(13-10-16)24(29)25-19-6-4-5-17(15-19)11-14-22(28)23-26-20-7-2-3-8-21(20)27-23/h2-15H,1H3,(H,25,29)(H,26,27)/b14-11+. The van der Waals surface area contributed by atoms with Crippen LogP contribution in [-0.2, 0) is 0 Å². The highest BCUT2D eigenvalue weighted by Crippen LogP contribution is 2.15. The number of imidazole rings is 1. The third-order valence-electron chi connectivity index (χ3n) is 4.51. The summed E-state index contributed by atoms with van der Waals surface area (Å²) in [5.41, 5.74) is 4.74. The van der Waals surface area contributed by atoms with Crippen molar-refractivity contribution in [3.05, 3.63) is 101 Å². The Labute approximate surface area is 168 Å². The molecule has 0 spiro atoms. The molecule has 2 N–H and O–H groups in total. The van der Waals surface area contributed by atoms with Gasteiger partial charge in [0.15, 0.2) is 5.82 Å². The summed E-state index contributed by atoms with van der Waals surface area (Å²) in [6, 6.07) is 22.2. The zero-order valence-electron chi connectivity index (χ0n) is 15.8. The molecule has 5 nitrogen and oxygen atoms in total. The number of amides is 1. The molecule has 4 aromatic rings. The van der Waals surface area contributed by atoms with E-state index in [0.717, 1.165) is 22.2 Å². The Morgan fingerprint density at radius 1 is 0.966 bits per heavy atom. The van der Waals surface area contributed by atoms with Crippen LogP contribution in [0.25, 0.3) is 17.1 Å². The number of hydrogen-bond donors (Lipinski definition) is 2. The molecule has 0 saturated heterocycles. The Hall–Kier alpha value is -3.99. The fraction of sp³-hybridized carbons (Fsp3) is 0.0417. The van der Waals surface area contributed by atoms with Gasteiger partial charge in [-0.15, -0.1) is 0 Å². The zero-order valence-corrected chi connectivity index (χ0v) is 15.8. The smallest absolute Gasteiger partial charge is 0.255 e. The number of aromatic amines is 1. The van der Waals surface area contributed by atoms with Gasteiger partial charge in [-0.1, -0.05) is 48.0 Å². The molecule has 29 heavy (non-hydrogen) atoms. The summed E-state index contributed by atoms with van der Waals surface area (Å²) in [6.07, 6.45) is 3.18. The Bertz CT molecular complexity index is 1190. The van der Waals surface area contributed by atoms with Gasteiger partial charge in [-0.05, 0) is 55.0 Å². The Kier molecular flexibility index (Phi) is 5.03. The van der Waals surface area contributed by atoms with E-state index < -0.39 is 0 Å².